The normalized spacial score (nSPS) is 10.6. The van der Waals surface area contributed by atoms with E-state index in [2.05, 4.69) is 31.2 Å². The van der Waals surface area contributed by atoms with Crippen LogP contribution in [0.15, 0.2) is 47.3 Å². The van der Waals surface area contributed by atoms with Crippen LogP contribution in [0.2, 0.25) is 0 Å². The summed E-state index contributed by atoms with van der Waals surface area (Å²) in [7, 11) is 0. The van der Waals surface area contributed by atoms with Crippen LogP contribution < -0.4 is 5.32 Å². The van der Waals surface area contributed by atoms with Gasteiger partial charge in [0.2, 0.25) is 0 Å². The van der Waals surface area contributed by atoms with Crippen LogP contribution >= 0.6 is 15.9 Å². The van der Waals surface area contributed by atoms with Gasteiger partial charge in [-0.2, -0.15) is 0 Å². The van der Waals surface area contributed by atoms with Gasteiger partial charge in [0.05, 0.1) is 11.9 Å². The zero-order chi connectivity index (χ0) is 15.5. The van der Waals surface area contributed by atoms with E-state index in [0.29, 0.717) is 16.1 Å². The Labute approximate surface area is 135 Å². The number of nitrogens with one attached hydrogen (secondary N) is 1. The van der Waals surface area contributed by atoms with Crippen molar-refractivity contribution in [2.45, 2.75) is 13.5 Å². The molecule has 0 aliphatic rings. The minimum absolute atomic E-state index is 0.213. The van der Waals surface area contributed by atoms with E-state index in [1.54, 1.807) is 10.6 Å². The molecule has 1 aromatic carbocycles. The van der Waals surface area contributed by atoms with Gasteiger partial charge in [0, 0.05) is 6.20 Å². The van der Waals surface area contributed by atoms with E-state index in [4.69, 9.17) is 4.74 Å². The molecule has 2 heterocycles. The largest absolute Gasteiger partial charge is 0.444 e. The number of carbonyl (C=O) groups excluding carboxylic acids is 1. The van der Waals surface area contributed by atoms with Crippen molar-refractivity contribution >= 4 is 33.5 Å². The van der Waals surface area contributed by atoms with Gasteiger partial charge in [-0.25, -0.2) is 14.8 Å². The number of aromatic nitrogens is 3. The third-order valence-electron chi connectivity index (χ3n) is 2.96. The molecule has 0 spiro atoms. The van der Waals surface area contributed by atoms with Crippen LogP contribution in [0.25, 0.3) is 5.65 Å². The molecule has 0 aliphatic heterocycles. The van der Waals surface area contributed by atoms with Crippen molar-refractivity contribution in [1.29, 1.82) is 0 Å². The maximum absolute atomic E-state index is 11.8. The number of imidazole rings is 1. The Morgan fingerprint density at radius 1 is 1.27 bits per heavy atom. The lowest BCUT2D eigenvalue weighted by Crippen LogP contribution is -2.13. The summed E-state index contributed by atoms with van der Waals surface area (Å²) < 4.78 is 7.57. The van der Waals surface area contributed by atoms with Crippen molar-refractivity contribution < 1.29 is 9.53 Å². The zero-order valence-corrected chi connectivity index (χ0v) is 13.4. The van der Waals surface area contributed by atoms with Crippen LogP contribution in [0.4, 0.5) is 10.6 Å². The minimum atomic E-state index is -0.548. The molecule has 3 rings (SSSR count). The molecule has 7 heteroatoms. The van der Waals surface area contributed by atoms with Gasteiger partial charge in [-0.15, -0.1) is 0 Å². The van der Waals surface area contributed by atoms with Gasteiger partial charge < -0.3 is 9.14 Å². The van der Waals surface area contributed by atoms with E-state index in [1.165, 1.54) is 0 Å². The molecule has 22 heavy (non-hydrogen) atoms. The number of hydrogen-bond donors (Lipinski definition) is 1. The van der Waals surface area contributed by atoms with Crippen LogP contribution in [0.5, 0.6) is 0 Å². The topological polar surface area (TPSA) is 68.5 Å². The SMILES string of the molecule is Cc1cn2cc(NC(=O)OCc3ccccc3)nc2c(Br)n1. The van der Waals surface area contributed by atoms with E-state index < -0.39 is 6.09 Å². The number of fused-ring (bicyclic) bond motifs is 1. The minimum Gasteiger partial charge on any atom is -0.444 e. The Bertz CT molecular complexity index is 817. The van der Waals surface area contributed by atoms with Crippen molar-refractivity contribution in [3.8, 4) is 0 Å². The van der Waals surface area contributed by atoms with E-state index in [-0.39, 0.29) is 6.61 Å². The van der Waals surface area contributed by atoms with Gasteiger partial charge in [0.25, 0.3) is 0 Å². The second-order valence-corrected chi connectivity index (χ2v) is 5.47. The van der Waals surface area contributed by atoms with Crippen molar-refractivity contribution in [1.82, 2.24) is 14.4 Å². The molecule has 0 radical (unpaired) electrons. The predicted molar refractivity (Wildman–Crippen MR) is 85.7 cm³/mol. The molecule has 0 unspecified atom stereocenters. The molecule has 0 saturated heterocycles. The number of hydrogen-bond acceptors (Lipinski definition) is 4. The van der Waals surface area contributed by atoms with Crippen LogP contribution in [0, 0.1) is 6.92 Å². The molecule has 0 fully saturated rings. The van der Waals surface area contributed by atoms with E-state index >= 15 is 0 Å². The van der Waals surface area contributed by atoms with Gasteiger partial charge >= 0.3 is 6.09 Å². The average Bonchev–Trinajstić information content (AvgIpc) is 2.89. The number of aryl methyl sites for hydroxylation is 1. The number of rotatable bonds is 3. The van der Waals surface area contributed by atoms with E-state index in [0.717, 1.165) is 11.3 Å². The van der Waals surface area contributed by atoms with Gasteiger partial charge in [-0.3, -0.25) is 5.32 Å². The molecule has 0 aliphatic carbocycles. The fourth-order valence-electron chi connectivity index (χ4n) is 2.00. The van der Waals surface area contributed by atoms with E-state index in [1.807, 2.05) is 43.5 Å². The maximum atomic E-state index is 11.8. The standard InChI is InChI=1S/C15H13BrN4O2/c1-10-7-20-8-12(18-14(20)13(16)17-10)19-15(21)22-9-11-5-3-2-4-6-11/h2-8H,9H2,1H3,(H,19,21). The van der Waals surface area contributed by atoms with E-state index in [9.17, 15) is 4.79 Å². The maximum Gasteiger partial charge on any atom is 0.413 e. The molecule has 112 valence electrons. The molecule has 2 aromatic heterocycles. The summed E-state index contributed by atoms with van der Waals surface area (Å²) in [5, 5.41) is 2.61. The zero-order valence-electron chi connectivity index (χ0n) is 11.8. The van der Waals surface area contributed by atoms with Gasteiger partial charge in [0.15, 0.2) is 11.5 Å². The van der Waals surface area contributed by atoms with Crippen molar-refractivity contribution in [2.75, 3.05) is 5.32 Å². The highest BCUT2D eigenvalue weighted by Crippen LogP contribution is 2.18. The molecule has 0 bridgehead atoms. The number of nitrogens with zero attached hydrogens (tertiary/aromatic N) is 3. The van der Waals surface area contributed by atoms with Crippen molar-refractivity contribution in [2.24, 2.45) is 0 Å². The summed E-state index contributed by atoms with van der Waals surface area (Å²) >= 11 is 3.35. The highest BCUT2D eigenvalue weighted by Gasteiger charge is 2.10. The molecular weight excluding hydrogens is 348 g/mol. The molecule has 0 atom stereocenters. The number of benzene rings is 1. The second-order valence-electron chi connectivity index (χ2n) is 4.72. The molecular formula is C15H13BrN4O2. The second kappa shape index (κ2) is 6.15. The van der Waals surface area contributed by atoms with Gasteiger partial charge in [-0.05, 0) is 28.4 Å². The molecule has 0 saturated carbocycles. The first-order valence-electron chi connectivity index (χ1n) is 6.61. The van der Waals surface area contributed by atoms with Gasteiger partial charge in [0.1, 0.15) is 11.2 Å². The fraction of sp³-hybridized carbons (Fsp3) is 0.133. The number of ether oxygens (including phenoxy) is 1. The molecule has 1 N–H and O–H groups in total. The first-order chi connectivity index (χ1) is 10.6. The quantitative estimate of drug-likeness (QED) is 0.775. The third kappa shape index (κ3) is 3.25. The first kappa shape index (κ1) is 14.5. The lowest BCUT2D eigenvalue weighted by Gasteiger charge is -2.04. The van der Waals surface area contributed by atoms with Crippen molar-refractivity contribution in [3.63, 3.8) is 0 Å². The Balaban J connectivity index is 1.68. The molecule has 1 amide bonds. The first-order valence-corrected chi connectivity index (χ1v) is 7.40. The molecule has 6 nitrogen and oxygen atoms in total. The van der Waals surface area contributed by atoms with Crippen molar-refractivity contribution in [3.05, 3.63) is 58.6 Å². The van der Waals surface area contributed by atoms with Crippen LogP contribution in [0.3, 0.4) is 0 Å². The summed E-state index contributed by atoms with van der Waals surface area (Å²) in [6, 6.07) is 9.48. The summed E-state index contributed by atoms with van der Waals surface area (Å²) in [6.45, 7) is 2.09. The Hall–Kier alpha value is -2.41. The highest BCUT2D eigenvalue weighted by atomic mass is 79.9. The van der Waals surface area contributed by atoms with Crippen LogP contribution in [-0.2, 0) is 11.3 Å². The lowest BCUT2D eigenvalue weighted by molar-refractivity contribution is 0.155. The average molecular weight is 361 g/mol. The Morgan fingerprint density at radius 2 is 2.05 bits per heavy atom. The smallest absolute Gasteiger partial charge is 0.413 e. The number of anilines is 1. The summed E-state index contributed by atoms with van der Waals surface area (Å²) in [5.41, 5.74) is 2.40. The third-order valence-corrected chi connectivity index (χ3v) is 3.49. The van der Waals surface area contributed by atoms with Crippen LogP contribution in [0.1, 0.15) is 11.3 Å². The summed E-state index contributed by atoms with van der Waals surface area (Å²) in [5.74, 6) is 0.408. The molecule has 3 aromatic rings. The summed E-state index contributed by atoms with van der Waals surface area (Å²) in [4.78, 5) is 20.4. The summed E-state index contributed by atoms with van der Waals surface area (Å²) in [6.07, 6.45) is 2.99. The van der Waals surface area contributed by atoms with Crippen LogP contribution in [-0.4, -0.2) is 20.5 Å². The fourth-order valence-corrected chi connectivity index (χ4v) is 2.58. The Morgan fingerprint density at radius 3 is 2.82 bits per heavy atom. The monoisotopic (exact) mass is 360 g/mol. The number of amides is 1. The number of halogens is 1. The number of carbonyl (C=O) groups is 1. The highest BCUT2D eigenvalue weighted by molar-refractivity contribution is 9.10. The van der Waals surface area contributed by atoms with Gasteiger partial charge in [-0.1, -0.05) is 30.3 Å². The predicted octanol–water partition coefficient (Wildman–Crippen LogP) is 3.55. The lowest BCUT2D eigenvalue weighted by atomic mass is 10.2. The Kier molecular flexibility index (Phi) is 4.06.